The lowest BCUT2D eigenvalue weighted by atomic mass is 9.75. The molecule has 6 nitrogen and oxygen atoms in total. The number of pyridine rings is 2. The van der Waals surface area contributed by atoms with Crippen LogP contribution in [0.1, 0.15) is 30.1 Å². The van der Waals surface area contributed by atoms with Crippen molar-refractivity contribution in [1.29, 1.82) is 0 Å². The van der Waals surface area contributed by atoms with Crippen LogP contribution in [0.15, 0.2) is 42.9 Å². The molecule has 1 amide bonds. The molecule has 1 aliphatic rings. The quantitative estimate of drug-likeness (QED) is 0.843. The molecule has 1 fully saturated rings. The fraction of sp³-hybridized carbons (Fsp3) is 0.389. The molecule has 126 valence electrons. The van der Waals surface area contributed by atoms with Gasteiger partial charge in [-0.3, -0.25) is 14.8 Å². The van der Waals surface area contributed by atoms with E-state index >= 15 is 0 Å². The minimum Gasteiger partial charge on any atom is -0.495 e. The Kier molecular flexibility index (Phi) is 5.05. The maximum atomic E-state index is 12.4. The summed E-state index contributed by atoms with van der Waals surface area (Å²) in [4.78, 5) is 20.8. The van der Waals surface area contributed by atoms with Gasteiger partial charge in [0, 0.05) is 18.1 Å². The van der Waals surface area contributed by atoms with E-state index in [0.29, 0.717) is 18.6 Å². The van der Waals surface area contributed by atoms with E-state index in [0.717, 1.165) is 11.3 Å². The van der Waals surface area contributed by atoms with Gasteiger partial charge in [-0.1, -0.05) is 6.07 Å². The third kappa shape index (κ3) is 3.89. The number of ether oxygens (including phenoxy) is 1. The van der Waals surface area contributed by atoms with Crippen molar-refractivity contribution in [2.75, 3.05) is 7.11 Å². The zero-order valence-corrected chi connectivity index (χ0v) is 13.6. The largest absolute Gasteiger partial charge is 0.495 e. The van der Waals surface area contributed by atoms with Crippen LogP contribution in [0.3, 0.4) is 0 Å². The number of hydrogen-bond acceptors (Lipinski definition) is 5. The highest BCUT2D eigenvalue weighted by atomic mass is 16.5. The van der Waals surface area contributed by atoms with E-state index in [2.05, 4.69) is 15.3 Å². The third-order valence-corrected chi connectivity index (χ3v) is 4.33. The molecule has 2 N–H and O–H groups in total. The van der Waals surface area contributed by atoms with Crippen molar-refractivity contribution in [2.24, 2.45) is 5.92 Å². The van der Waals surface area contributed by atoms with Gasteiger partial charge in [-0.25, -0.2) is 0 Å². The van der Waals surface area contributed by atoms with Crippen LogP contribution in [0.5, 0.6) is 5.75 Å². The zero-order chi connectivity index (χ0) is 16.9. The number of aliphatic hydroxyl groups excluding tert-OH is 1. The Morgan fingerprint density at radius 3 is 2.92 bits per heavy atom. The van der Waals surface area contributed by atoms with Gasteiger partial charge >= 0.3 is 0 Å². The molecule has 3 rings (SSSR count). The van der Waals surface area contributed by atoms with Gasteiger partial charge in [0.05, 0.1) is 31.9 Å². The summed E-state index contributed by atoms with van der Waals surface area (Å²) < 4.78 is 5.22. The van der Waals surface area contributed by atoms with Crippen LogP contribution < -0.4 is 10.1 Å². The second kappa shape index (κ2) is 7.40. The first-order valence-electron chi connectivity index (χ1n) is 8.02. The molecule has 0 radical (unpaired) electrons. The summed E-state index contributed by atoms with van der Waals surface area (Å²) in [5, 5.41) is 12.7. The normalized spacial score (nSPS) is 20.8. The van der Waals surface area contributed by atoms with Crippen molar-refractivity contribution in [1.82, 2.24) is 15.3 Å². The average Bonchev–Trinajstić information content (AvgIpc) is 2.58. The number of rotatable bonds is 6. The Hall–Kier alpha value is -2.47. The van der Waals surface area contributed by atoms with Crippen LogP contribution in [0.25, 0.3) is 0 Å². The smallest absolute Gasteiger partial charge is 0.226 e. The summed E-state index contributed by atoms with van der Waals surface area (Å²) in [6, 6.07) is 7.20. The molecule has 0 unspecified atom stereocenters. The number of methoxy groups -OCH3 is 1. The number of hydrogen-bond donors (Lipinski definition) is 2. The Labute approximate surface area is 140 Å². The molecular formula is C18H21N3O3. The van der Waals surface area contributed by atoms with E-state index in [1.165, 1.54) is 0 Å². The predicted octanol–water partition coefficient (Wildman–Crippen LogP) is 1.66. The highest BCUT2D eigenvalue weighted by Gasteiger charge is 2.36. The summed E-state index contributed by atoms with van der Waals surface area (Å²) in [6.45, 7) is 0. The van der Waals surface area contributed by atoms with Crippen molar-refractivity contribution in [3.8, 4) is 5.75 Å². The lowest BCUT2D eigenvalue weighted by Crippen LogP contribution is -2.42. The van der Waals surface area contributed by atoms with Crippen molar-refractivity contribution >= 4 is 5.91 Å². The Balaban J connectivity index is 1.73. The number of carbonyl (C=O) groups is 1. The number of aliphatic hydroxyl groups is 1. The second-order valence-corrected chi connectivity index (χ2v) is 6.09. The zero-order valence-electron chi connectivity index (χ0n) is 13.6. The van der Waals surface area contributed by atoms with Gasteiger partial charge in [0.15, 0.2) is 0 Å². The second-order valence-electron chi connectivity index (χ2n) is 6.09. The highest BCUT2D eigenvalue weighted by Crippen LogP contribution is 2.38. The predicted molar refractivity (Wildman–Crippen MR) is 88.3 cm³/mol. The summed E-state index contributed by atoms with van der Waals surface area (Å²) in [5.41, 5.74) is 1.62. The van der Waals surface area contributed by atoms with E-state index in [-0.39, 0.29) is 30.4 Å². The molecular weight excluding hydrogens is 306 g/mol. The molecule has 0 saturated heterocycles. The van der Waals surface area contributed by atoms with Crippen LogP contribution in [-0.4, -0.2) is 34.2 Å². The van der Waals surface area contributed by atoms with Gasteiger partial charge in [-0.2, -0.15) is 0 Å². The highest BCUT2D eigenvalue weighted by molar-refractivity contribution is 5.78. The molecule has 1 saturated carbocycles. The molecule has 0 aliphatic heterocycles. The molecule has 1 aliphatic carbocycles. The minimum absolute atomic E-state index is 0.0945. The first-order valence-corrected chi connectivity index (χ1v) is 8.02. The molecule has 2 heterocycles. The number of carbonyl (C=O) groups excluding carboxylic acids is 1. The van der Waals surface area contributed by atoms with Crippen LogP contribution >= 0.6 is 0 Å². The van der Waals surface area contributed by atoms with Gasteiger partial charge < -0.3 is 15.2 Å². The molecule has 0 aromatic carbocycles. The summed E-state index contributed by atoms with van der Waals surface area (Å²) in [6.07, 6.45) is 6.32. The molecule has 6 heteroatoms. The molecule has 2 aromatic heterocycles. The Morgan fingerprint density at radius 2 is 2.25 bits per heavy atom. The summed E-state index contributed by atoms with van der Waals surface area (Å²) >= 11 is 0. The number of aromatic nitrogens is 2. The first kappa shape index (κ1) is 16.4. The third-order valence-electron chi connectivity index (χ3n) is 4.33. The monoisotopic (exact) mass is 327 g/mol. The van der Waals surface area contributed by atoms with Crippen molar-refractivity contribution in [3.05, 3.63) is 54.1 Å². The van der Waals surface area contributed by atoms with E-state index < -0.39 is 0 Å². The maximum absolute atomic E-state index is 12.4. The Bertz CT molecular complexity index is 687. The van der Waals surface area contributed by atoms with Crippen molar-refractivity contribution in [3.63, 3.8) is 0 Å². The fourth-order valence-electron chi connectivity index (χ4n) is 2.98. The average molecular weight is 327 g/mol. The van der Waals surface area contributed by atoms with Gasteiger partial charge in [-0.15, -0.1) is 0 Å². The fourth-order valence-corrected chi connectivity index (χ4v) is 2.98. The molecule has 0 bridgehead atoms. The van der Waals surface area contributed by atoms with Gasteiger partial charge in [-0.05, 0) is 42.5 Å². The number of amides is 1. The standard InChI is InChI=1S/C18H21N3O3/c1-24-16-8-13(10-19-11-16)18(12-6-15(22)7-12)21-17(23)9-14-4-2-3-5-20-14/h2-5,8,10-12,15,18,22H,6-7,9H2,1H3,(H,21,23)/t12?,15?,18-/m1/s1. The lowest BCUT2D eigenvalue weighted by Gasteiger charge is -2.38. The first-order chi connectivity index (χ1) is 11.7. The Morgan fingerprint density at radius 1 is 1.42 bits per heavy atom. The SMILES string of the molecule is COc1cncc([C@H](NC(=O)Cc2ccccn2)C2CC(O)C2)c1. The maximum Gasteiger partial charge on any atom is 0.226 e. The number of nitrogens with one attached hydrogen (secondary N) is 1. The molecule has 2 aromatic rings. The number of nitrogens with zero attached hydrogens (tertiary/aromatic N) is 2. The van der Waals surface area contributed by atoms with Gasteiger partial charge in [0.25, 0.3) is 0 Å². The molecule has 1 atom stereocenters. The van der Waals surface area contributed by atoms with E-state index in [9.17, 15) is 9.90 Å². The van der Waals surface area contributed by atoms with Gasteiger partial charge in [0.2, 0.25) is 5.91 Å². The van der Waals surface area contributed by atoms with E-state index in [4.69, 9.17) is 4.74 Å². The van der Waals surface area contributed by atoms with Crippen molar-refractivity contribution < 1.29 is 14.6 Å². The van der Waals surface area contributed by atoms with Crippen LogP contribution in [0.4, 0.5) is 0 Å². The molecule has 0 spiro atoms. The summed E-state index contributed by atoms with van der Waals surface area (Å²) in [7, 11) is 1.59. The van der Waals surface area contributed by atoms with Crippen LogP contribution in [0.2, 0.25) is 0 Å². The minimum atomic E-state index is -0.288. The van der Waals surface area contributed by atoms with Crippen LogP contribution in [-0.2, 0) is 11.2 Å². The van der Waals surface area contributed by atoms with Crippen molar-refractivity contribution in [2.45, 2.75) is 31.4 Å². The van der Waals surface area contributed by atoms with E-state index in [1.807, 2.05) is 24.3 Å². The van der Waals surface area contributed by atoms with E-state index in [1.54, 1.807) is 25.7 Å². The van der Waals surface area contributed by atoms with Crippen LogP contribution in [0, 0.1) is 5.92 Å². The van der Waals surface area contributed by atoms with Gasteiger partial charge in [0.1, 0.15) is 5.75 Å². The molecule has 24 heavy (non-hydrogen) atoms. The topological polar surface area (TPSA) is 84.3 Å². The lowest BCUT2D eigenvalue weighted by molar-refractivity contribution is -0.122. The summed E-state index contributed by atoms with van der Waals surface area (Å²) in [5.74, 6) is 0.751.